The fraction of sp³-hybridized carbons (Fsp3) is 0.500. The van der Waals surface area contributed by atoms with Gasteiger partial charge in [-0.3, -0.25) is 0 Å². The SMILES string of the molecule is [CH2-]CC[CH2-].[CH2-]CC[CH2-].[CH2-]CC[CH2-].[Ir]. The molecule has 1 radical (unpaired) electrons. The molecule has 0 amide bonds. The maximum Gasteiger partial charge on any atom is 0 e. The fourth-order valence-corrected chi connectivity index (χ4v) is 0. The molecular weight excluding hydrogens is 336 g/mol. The molecule has 0 nitrogen and oxygen atoms in total. The van der Waals surface area contributed by atoms with E-state index in [0.29, 0.717) is 0 Å². The summed E-state index contributed by atoms with van der Waals surface area (Å²) in [4.78, 5) is 0. The van der Waals surface area contributed by atoms with E-state index < -0.39 is 0 Å². The van der Waals surface area contributed by atoms with Crippen molar-refractivity contribution in [1.29, 1.82) is 0 Å². The van der Waals surface area contributed by atoms with Crippen LogP contribution in [0.1, 0.15) is 38.5 Å². The van der Waals surface area contributed by atoms with Crippen LogP contribution in [0.25, 0.3) is 0 Å². The summed E-state index contributed by atoms with van der Waals surface area (Å²) >= 11 is 0. The summed E-state index contributed by atoms with van der Waals surface area (Å²) in [7, 11) is 0. The molecule has 1 heteroatoms. The van der Waals surface area contributed by atoms with Crippen LogP contribution >= 0.6 is 0 Å². The monoisotopic (exact) mass is 361 g/mol. The van der Waals surface area contributed by atoms with E-state index in [-0.39, 0.29) is 20.1 Å². The van der Waals surface area contributed by atoms with Crippen LogP contribution in [0.4, 0.5) is 0 Å². The first kappa shape index (κ1) is 23.5. The molecule has 0 N–H and O–H groups in total. The van der Waals surface area contributed by atoms with E-state index in [9.17, 15) is 0 Å². The topological polar surface area (TPSA) is 0 Å². The largest absolute Gasteiger partial charge is 0.346 e. The standard InChI is InChI=1S/3C4H8.Ir/c3*1-3-4-2;/h3*1-4H2;/q3*-2;. The zero-order valence-electron chi connectivity index (χ0n) is 8.82. The molecule has 0 aliphatic rings. The van der Waals surface area contributed by atoms with Crippen molar-refractivity contribution in [2.24, 2.45) is 0 Å². The number of rotatable bonds is 3. The van der Waals surface area contributed by atoms with Gasteiger partial charge in [-0.05, 0) is 0 Å². The van der Waals surface area contributed by atoms with Crippen molar-refractivity contribution in [2.45, 2.75) is 38.5 Å². The predicted molar refractivity (Wildman–Crippen MR) is 59.8 cm³/mol. The Morgan fingerprint density at radius 1 is 0.385 bits per heavy atom. The molecule has 0 aromatic heterocycles. The minimum atomic E-state index is 0. The molecule has 87 valence electrons. The van der Waals surface area contributed by atoms with Gasteiger partial charge in [0.2, 0.25) is 0 Å². The van der Waals surface area contributed by atoms with Gasteiger partial charge in [0.15, 0.2) is 0 Å². The molecule has 0 aliphatic heterocycles. The van der Waals surface area contributed by atoms with Crippen LogP contribution < -0.4 is 0 Å². The van der Waals surface area contributed by atoms with E-state index in [1.165, 1.54) is 0 Å². The summed E-state index contributed by atoms with van der Waals surface area (Å²) in [6.07, 6.45) is 5.75. The van der Waals surface area contributed by atoms with Gasteiger partial charge in [-0.1, -0.05) is 0 Å². The molecule has 0 unspecified atom stereocenters. The van der Waals surface area contributed by atoms with E-state index in [2.05, 4.69) is 41.5 Å². The second-order valence-electron chi connectivity index (χ2n) is 2.12. The Kier molecular flexibility index (Phi) is 70.1. The third-order valence-electron chi connectivity index (χ3n) is 0.750. The summed E-state index contributed by atoms with van der Waals surface area (Å²) in [5, 5.41) is 0. The Labute approximate surface area is 100 Å². The van der Waals surface area contributed by atoms with E-state index in [4.69, 9.17) is 0 Å². The van der Waals surface area contributed by atoms with Crippen molar-refractivity contribution >= 4 is 0 Å². The Hall–Kier alpha value is 0.649. The van der Waals surface area contributed by atoms with Crippen LogP contribution in [0.3, 0.4) is 0 Å². The molecule has 0 spiro atoms. The summed E-state index contributed by atoms with van der Waals surface area (Å²) in [5.41, 5.74) is 0. The molecule has 0 fully saturated rings. The molecule has 0 atom stereocenters. The molecule has 0 heterocycles. The minimum absolute atomic E-state index is 0. The summed E-state index contributed by atoms with van der Waals surface area (Å²) in [6, 6.07) is 0. The van der Waals surface area contributed by atoms with E-state index in [1.807, 2.05) is 0 Å². The van der Waals surface area contributed by atoms with Crippen molar-refractivity contribution in [2.75, 3.05) is 0 Å². The maximum absolute atomic E-state index is 3.54. The molecule has 0 aliphatic carbocycles. The molecule has 0 aromatic carbocycles. The molecular formula is C12H24Ir-6. The van der Waals surface area contributed by atoms with Crippen LogP contribution in [0, 0.1) is 41.5 Å². The Balaban J connectivity index is -0.0000000450. The Morgan fingerprint density at radius 2 is 0.462 bits per heavy atom. The summed E-state index contributed by atoms with van der Waals surface area (Å²) < 4.78 is 0. The first-order valence-corrected chi connectivity index (χ1v) is 4.50. The summed E-state index contributed by atoms with van der Waals surface area (Å²) in [6.45, 7) is 21.2. The fourth-order valence-electron chi connectivity index (χ4n) is 0. The van der Waals surface area contributed by atoms with Crippen LogP contribution in [-0.2, 0) is 20.1 Å². The molecule has 0 aromatic rings. The van der Waals surface area contributed by atoms with Crippen molar-refractivity contribution < 1.29 is 20.1 Å². The quantitative estimate of drug-likeness (QED) is 0.658. The predicted octanol–water partition coefficient (Wildman–Crippen LogP) is 4.30. The van der Waals surface area contributed by atoms with Crippen LogP contribution in [0.2, 0.25) is 0 Å². The molecule has 0 bridgehead atoms. The van der Waals surface area contributed by atoms with Crippen molar-refractivity contribution in [1.82, 2.24) is 0 Å². The second kappa shape index (κ2) is 38.8. The van der Waals surface area contributed by atoms with Crippen molar-refractivity contribution in [3.05, 3.63) is 41.5 Å². The van der Waals surface area contributed by atoms with E-state index >= 15 is 0 Å². The average molecular weight is 361 g/mol. The molecule has 13 heavy (non-hydrogen) atoms. The maximum atomic E-state index is 3.54. The molecule has 0 rings (SSSR count). The van der Waals surface area contributed by atoms with Gasteiger partial charge in [-0.25, -0.2) is 38.5 Å². The van der Waals surface area contributed by atoms with Gasteiger partial charge < -0.3 is 41.5 Å². The van der Waals surface area contributed by atoms with Gasteiger partial charge in [0.05, 0.1) is 0 Å². The van der Waals surface area contributed by atoms with Crippen LogP contribution in [-0.4, -0.2) is 0 Å². The van der Waals surface area contributed by atoms with Crippen LogP contribution in [0.5, 0.6) is 0 Å². The van der Waals surface area contributed by atoms with Crippen molar-refractivity contribution in [3.63, 3.8) is 0 Å². The van der Waals surface area contributed by atoms with Crippen LogP contribution in [0.15, 0.2) is 0 Å². The molecule has 0 saturated carbocycles. The third-order valence-corrected chi connectivity index (χ3v) is 0.750. The second-order valence-corrected chi connectivity index (χ2v) is 2.12. The smallest absolute Gasteiger partial charge is 0 e. The van der Waals surface area contributed by atoms with Gasteiger partial charge in [0.1, 0.15) is 0 Å². The number of hydrogen-bond donors (Lipinski definition) is 0. The number of hydrogen-bond acceptors (Lipinski definition) is 0. The zero-order valence-corrected chi connectivity index (χ0v) is 11.2. The van der Waals surface area contributed by atoms with Gasteiger partial charge in [0.25, 0.3) is 0 Å². The Morgan fingerprint density at radius 3 is 0.462 bits per heavy atom. The normalized spacial score (nSPS) is 6.92. The first-order chi connectivity index (χ1) is 5.74. The minimum Gasteiger partial charge on any atom is -0.346 e. The number of unbranched alkanes of at least 4 members (excludes halogenated alkanes) is 3. The van der Waals surface area contributed by atoms with Gasteiger partial charge in [-0.15, -0.1) is 0 Å². The van der Waals surface area contributed by atoms with E-state index in [0.717, 1.165) is 38.5 Å². The average Bonchev–Trinajstić information content (AvgIpc) is 2.18. The first-order valence-electron chi connectivity index (χ1n) is 4.50. The van der Waals surface area contributed by atoms with Gasteiger partial charge in [0, 0.05) is 20.1 Å². The van der Waals surface area contributed by atoms with E-state index in [1.54, 1.807) is 0 Å². The zero-order chi connectivity index (χ0) is 10.2. The third kappa shape index (κ3) is 108. The molecule has 0 saturated heterocycles. The van der Waals surface area contributed by atoms with Gasteiger partial charge in [-0.2, -0.15) is 0 Å². The van der Waals surface area contributed by atoms with Gasteiger partial charge >= 0.3 is 0 Å². The van der Waals surface area contributed by atoms with Crippen molar-refractivity contribution in [3.8, 4) is 0 Å². The summed E-state index contributed by atoms with van der Waals surface area (Å²) in [5.74, 6) is 0. The Bertz CT molecular complexity index is 20.6.